The van der Waals surface area contributed by atoms with Crippen molar-refractivity contribution in [2.45, 2.75) is 31.7 Å². The highest BCUT2D eigenvalue weighted by Gasteiger charge is 2.09. The molecule has 2 N–H and O–H groups in total. The zero-order valence-corrected chi connectivity index (χ0v) is 11.4. The second-order valence-corrected chi connectivity index (χ2v) is 5.08. The van der Waals surface area contributed by atoms with E-state index in [-0.39, 0.29) is 11.9 Å². The lowest BCUT2D eigenvalue weighted by molar-refractivity contribution is 0.542. The van der Waals surface area contributed by atoms with Gasteiger partial charge in [0, 0.05) is 6.04 Å². The Morgan fingerprint density at radius 1 is 1.00 bits per heavy atom. The van der Waals surface area contributed by atoms with Gasteiger partial charge in [-0.15, -0.1) is 0 Å². The third-order valence-electron chi connectivity index (χ3n) is 3.37. The molecule has 0 aliphatic heterocycles. The molecule has 1 nitrogen and oxygen atoms in total. The van der Waals surface area contributed by atoms with Gasteiger partial charge in [-0.3, -0.25) is 0 Å². The van der Waals surface area contributed by atoms with Crippen molar-refractivity contribution in [1.29, 1.82) is 0 Å². The molecule has 0 aromatic heterocycles. The van der Waals surface area contributed by atoms with Gasteiger partial charge >= 0.3 is 0 Å². The van der Waals surface area contributed by atoms with Crippen molar-refractivity contribution in [2.75, 3.05) is 0 Å². The Morgan fingerprint density at radius 3 is 2.50 bits per heavy atom. The van der Waals surface area contributed by atoms with Crippen molar-refractivity contribution in [2.24, 2.45) is 5.73 Å². The van der Waals surface area contributed by atoms with Gasteiger partial charge in [-0.2, -0.15) is 0 Å². The first-order valence-corrected chi connectivity index (χ1v) is 6.88. The van der Waals surface area contributed by atoms with E-state index in [4.69, 9.17) is 5.73 Å². The van der Waals surface area contributed by atoms with Gasteiger partial charge in [0.05, 0.1) is 0 Å². The highest BCUT2D eigenvalue weighted by molar-refractivity contribution is 5.20. The van der Waals surface area contributed by atoms with E-state index in [1.165, 1.54) is 11.6 Å². The molecular formula is C17H19F2N. The lowest BCUT2D eigenvalue weighted by Crippen LogP contribution is -2.23. The minimum atomic E-state index is -0.419. The van der Waals surface area contributed by atoms with Crippen LogP contribution in [0.4, 0.5) is 8.78 Å². The number of rotatable bonds is 6. The van der Waals surface area contributed by atoms with E-state index >= 15 is 0 Å². The summed E-state index contributed by atoms with van der Waals surface area (Å²) in [5, 5.41) is 0. The summed E-state index contributed by atoms with van der Waals surface area (Å²) in [6.07, 6.45) is 3.07. The molecule has 0 fully saturated rings. The maximum absolute atomic E-state index is 13.5. The van der Waals surface area contributed by atoms with Crippen LogP contribution in [0.15, 0.2) is 48.5 Å². The van der Waals surface area contributed by atoms with Gasteiger partial charge in [-0.05, 0) is 55.0 Å². The standard InChI is InChI=1S/C17H19F2N/c18-15-9-10-17(19)14(11-15)12-16(20)8-4-7-13-5-2-1-3-6-13/h1-3,5-6,9-11,16H,4,7-8,12,20H2. The molecule has 0 saturated heterocycles. The molecule has 2 rings (SSSR count). The molecule has 0 aliphatic carbocycles. The lowest BCUT2D eigenvalue weighted by Gasteiger charge is -2.12. The third kappa shape index (κ3) is 4.42. The van der Waals surface area contributed by atoms with E-state index in [1.807, 2.05) is 18.2 Å². The van der Waals surface area contributed by atoms with Crippen LogP contribution in [0.2, 0.25) is 0 Å². The van der Waals surface area contributed by atoms with Gasteiger partial charge in [-0.25, -0.2) is 8.78 Å². The van der Waals surface area contributed by atoms with Crippen molar-refractivity contribution in [3.05, 3.63) is 71.3 Å². The average Bonchev–Trinajstić information content (AvgIpc) is 2.44. The van der Waals surface area contributed by atoms with Gasteiger partial charge < -0.3 is 5.73 Å². The molecule has 106 valence electrons. The lowest BCUT2D eigenvalue weighted by atomic mass is 9.99. The average molecular weight is 275 g/mol. The number of nitrogens with two attached hydrogens (primary N) is 1. The van der Waals surface area contributed by atoms with Crippen LogP contribution in [0, 0.1) is 11.6 Å². The van der Waals surface area contributed by atoms with Crippen molar-refractivity contribution >= 4 is 0 Å². The monoisotopic (exact) mass is 275 g/mol. The molecule has 0 saturated carbocycles. The first-order chi connectivity index (χ1) is 9.65. The largest absolute Gasteiger partial charge is 0.327 e. The zero-order chi connectivity index (χ0) is 14.4. The predicted octanol–water partition coefficient (Wildman–Crippen LogP) is 3.86. The van der Waals surface area contributed by atoms with Crippen LogP contribution in [0.3, 0.4) is 0 Å². The number of benzene rings is 2. The highest BCUT2D eigenvalue weighted by atomic mass is 19.1. The maximum Gasteiger partial charge on any atom is 0.126 e. The van der Waals surface area contributed by atoms with E-state index in [0.717, 1.165) is 31.4 Å². The van der Waals surface area contributed by atoms with Gasteiger partial charge in [0.2, 0.25) is 0 Å². The zero-order valence-electron chi connectivity index (χ0n) is 11.4. The molecule has 3 heteroatoms. The summed E-state index contributed by atoms with van der Waals surface area (Å²) in [5.74, 6) is -0.803. The Labute approximate surface area is 118 Å². The molecule has 2 aromatic carbocycles. The Morgan fingerprint density at radius 2 is 1.75 bits per heavy atom. The molecule has 0 spiro atoms. The summed E-state index contributed by atoms with van der Waals surface area (Å²) in [7, 11) is 0. The Balaban J connectivity index is 1.80. The highest BCUT2D eigenvalue weighted by Crippen LogP contribution is 2.14. The quantitative estimate of drug-likeness (QED) is 0.851. The second kappa shape index (κ2) is 7.15. The summed E-state index contributed by atoms with van der Waals surface area (Å²) in [5.41, 5.74) is 7.63. The summed E-state index contributed by atoms with van der Waals surface area (Å²) in [6, 6.07) is 13.5. The molecule has 0 aliphatic rings. The molecule has 0 bridgehead atoms. The smallest absolute Gasteiger partial charge is 0.126 e. The molecule has 0 radical (unpaired) electrons. The Kier molecular flexibility index (Phi) is 5.24. The van der Waals surface area contributed by atoms with Gasteiger partial charge in [0.15, 0.2) is 0 Å². The van der Waals surface area contributed by atoms with E-state index in [9.17, 15) is 8.78 Å². The van der Waals surface area contributed by atoms with E-state index in [1.54, 1.807) is 0 Å². The fraction of sp³-hybridized carbons (Fsp3) is 0.294. The minimum Gasteiger partial charge on any atom is -0.327 e. The topological polar surface area (TPSA) is 26.0 Å². The third-order valence-corrected chi connectivity index (χ3v) is 3.37. The van der Waals surface area contributed by atoms with Crippen LogP contribution in [0.25, 0.3) is 0 Å². The van der Waals surface area contributed by atoms with Crippen LogP contribution in [-0.2, 0) is 12.8 Å². The fourth-order valence-electron chi connectivity index (χ4n) is 2.30. The molecule has 20 heavy (non-hydrogen) atoms. The van der Waals surface area contributed by atoms with Crippen molar-refractivity contribution in [3.63, 3.8) is 0 Å². The van der Waals surface area contributed by atoms with Crippen LogP contribution >= 0.6 is 0 Å². The summed E-state index contributed by atoms with van der Waals surface area (Å²) < 4.78 is 26.6. The van der Waals surface area contributed by atoms with Gasteiger partial charge in [0.25, 0.3) is 0 Å². The number of halogens is 2. The number of hydrogen-bond donors (Lipinski definition) is 1. The van der Waals surface area contributed by atoms with Crippen LogP contribution in [0.5, 0.6) is 0 Å². The Bertz CT molecular complexity index is 540. The van der Waals surface area contributed by atoms with Gasteiger partial charge in [-0.1, -0.05) is 30.3 Å². The van der Waals surface area contributed by atoms with E-state index in [2.05, 4.69) is 12.1 Å². The fourth-order valence-corrected chi connectivity index (χ4v) is 2.30. The second-order valence-electron chi connectivity index (χ2n) is 5.08. The van der Waals surface area contributed by atoms with Crippen LogP contribution in [-0.4, -0.2) is 6.04 Å². The molecule has 0 heterocycles. The number of hydrogen-bond acceptors (Lipinski definition) is 1. The van der Waals surface area contributed by atoms with Crippen LogP contribution < -0.4 is 5.73 Å². The SMILES string of the molecule is NC(CCCc1ccccc1)Cc1cc(F)ccc1F. The normalized spacial score (nSPS) is 12.3. The van der Waals surface area contributed by atoms with Crippen LogP contribution in [0.1, 0.15) is 24.0 Å². The molecular weight excluding hydrogens is 256 g/mol. The molecule has 1 unspecified atom stereocenters. The van der Waals surface area contributed by atoms with Crippen molar-refractivity contribution in [3.8, 4) is 0 Å². The summed E-state index contributed by atoms with van der Waals surface area (Å²) in [6.45, 7) is 0. The van der Waals surface area contributed by atoms with Crippen molar-refractivity contribution < 1.29 is 8.78 Å². The molecule has 2 aromatic rings. The van der Waals surface area contributed by atoms with Crippen molar-refractivity contribution in [1.82, 2.24) is 0 Å². The minimum absolute atomic E-state index is 0.144. The van der Waals surface area contributed by atoms with E-state index in [0.29, 0.717) is 12.0 Å². The van der Waals surface area contributed by atoms with Gasteiger partial charge in [0.1, 0.15) is 11.6 Å². The maximum atomic E-state index is 13.5. The molecule has 0 amide bonds. The Hall–Kier alpha value is -1.74. The summed E-state index contributed by atoms with van der Waals surface area (Å²) in [4.78, 5) is 0. The predicted molar refractivity (Wildman–Crippen MR) is 77.4 cm³/mol. The van der Waals surface area contributed by atoms with E-state index < -0.39 is 5.82 Å². The first kappa shape index (κ1) is 14.7. The first-order valence-electron chi connectivity index (χ1n) is 6.88. The number of aryl methyl sites for hydroxylation is 1. The summed E-state index contributed by atoms with van der Waals surface area (Å²) >= 11 is 0. The molecule has 1 atom stereocenters.